The van der Waals surface area contributed by atoms with Crippen LogP contribution in [0.4, 0.5) is 0 Å². The minimum atomic E-state index is -1.06. The molecule has 0 saturated carbocycles. The molecule has 3 heteroatoms. The van der Waals surface area contributed by atoms with E-state index in [2.05, 4.69) is 13.2 Å². The molecule has 66 valence electrons. The van der Waals surface area contributed by atoms with Crippen molar-refractivity contribution in [2.24, 2.45) is 5.73 Å². The summed E-state index contributed by atoms with van der Waals surface area (Å²) in [6.45, 7) is 8.78. The molecule has 0 aromatic rings. The summed E-state index contributed by atoms with van der Waals surface area (Å²) in [5.74, 6) is -1.06. The van der Waals surface area contributed by atoms with Gasteiger partial charge in [0.15, 0.2) is 0 Å². The van der Waals surface area contributed by atoms with E-state index < -0.39 is 12.0 Å². The summed E-state index contributed by atoms with van der Waals surface area (Å²) < 4.78 is 0. The SMILES string of the molecule is C=C/C=C(\C(=C)C)C(N)C(=O)O. The van der Waals surface area contributed by atoms with E-state index in [1.54, 1.807) is 13.0 Å². The molecule has 12 heavy (non-hydrogen) atoms. The molecule has 0 rings (SSSR count). The third-order valence-corrected chi connectivity index (χ3v) is 1.39. The Morgan fingerprint density at radius 1 is 1.67 bits per heavy atom. The normalized spacial score (nSPS) is 13.7. The van der Waals surface area contributed by atoms with Crippen LogP contribution >= 0.6 is 0 Å². The van der Waals surface area contributed by atoms with E-state index in [1.807, 2.05) is 0 Å². The van der Waals surface area contributed by atoms with Gasteiger partial charge in [0.2, 0.25) is 0 Å². The quantitative estimate of drug-likeness (QED) is 0.616. The topological polar surface area (TPSA) is 63.3 Å². The number of allylic oxidation sites excluding steroid dienone is 2. The maximum absolute atomic E-state index is 10.5. The average Bonchev–Trinajstić information content (AvgIpc) is 1.98. The van der Waals surface area contributed by atoms with Crippen molar-refractivity contribution in [3.8, 4) is 0 Å². The molecular formula is C9H13NO2. The second kappa shape index (κ2) is 4.51. The number of nitrogens with two attached hydrogens (primary N) is 1. The number of hydrogen-bond acceptors (Lipinski definition) is 2. The van der Waals surface area contributed by atoms with Crippen LogP contribution < -0.4 is 5.73 Å². The van der Waals surface area contributed by atoms with Crippen LogP contribution in [0.1, 0.15) is 6.92 Å². The molecule has 3 nitrogen and oxygen atoms in total. The van der Waals surface area contributed by atoms with Crippen molar-refractivity contribution in [2.45, 2.75) is 13.0 Å². The van der Waals surface area contributed by atoms with Gasteiger partial charge < -0.3 is 10.8 Å². The van der Waals surface area contributed by atoms with Crippen LogP contribution in [0.3, 0.4) is 0 Å². The van der Waals surface area contributed by atoms with Crippen molar-refractivity contribution in [1.29, 1.82) is 0 Å². The lowest BCUT2D eigenvalue weighted by atomic mass is 10.0. The Morgan fingerprint density at radius 3 is 2.42 bits per heavy atom. The highest BCUT2D eigenvalue weighted by molar-refractivity contribution is 5.78. The van der Waals surface area contributed by atoms with Gasteiger partial charge in [-0.1, -0.05) is 30.9 Å². The van der Waals surface area contributed by atoms with Gasteiger partial charge in [0, 0.05) is 0 Å². The second-order valence-corrected chi connectivity index (χ2v) is 2.45. The Labute approximate surface area is 71.9 Å². The summed E-state index contributed by atoms with van der Waals surface area (Å²) >= 11 is 0. The van der Waals surface area contributed by atoms with Gasteiger partial charge in [-0.2, -0.15) is 0 Å². The fourth-order valence-electron chi connectivity index (χ4n) is 0.771. The predicted molar refractivity (Wildman–Crippen MR) is 48.7 cm³/mol. The van der Waals surface area contributed by atoms with Crippen molar-refractivity contribution in [3.05, 3.63) is 36.5 Å². The molecule has 0 spiro atoms. The predicted octanol–water partition coefficient (Wildman–Crippen LogP) is 1.09. The highest BCUT2D eigenvalue weighted by Gasteiger charge is 2.16. The van der Waals surface area contributed by atoms with E-state index in [-0.39, 0.29) is 0 Å². The van der Waals surface area contributed by atoms with Crippen LogP contribution in [0.5, 0.6) is 0 Å². The van der Waals surface area contributed by atoms with Gasteiger partial charge >= 0.3 is 5.97 Å². The highest BCUT2D eigenvalue weighted by atomic mass is 16.4. The number of carboxylic acids is 1. The average molecular weight is 167 g/mol. The van der Waals surface area contributed by atoms with Gasteiger partial charge in [-0.3, -0.25) is 4.79 Å². The van der Waals surface area contributed by atoms with Crippen molar-refractivity contribution in [3.63, 3.8) is 0 Å². The summed E-state index contributed by atoms with van der Waals surface area (Å²) in [6, 6.07) is -1.01. The maximum Gasteiger partial charge on any atom is 0.325 e. The lowest BCUT2D eigenvalue weighted by Crippen LogP contribution is -2.32. The van der Waals surface area contributed by atoms with E-state index in [1.165, 1.54) is 6.08 Å². The van der Waals surface area contributed by atoms with E-state index in [4.69, 9.17) is 10.8 Å². The largest absolute Gasteiger partial charge is 0.480 e. The number of hydrogen-bond donors (Lipinski definition) is 2. The van der Waals surface area contributed by atoms with E-state index in [9.17, 15) is 4.79 Å². The zero-order valence-electron chi connectivity index (χ0n) is 7.08. The third kappa shape index (κ3) is 2.72. The van der Waals surface area contributed by atoms with Crippen molar-refractivity contribution in [2.75, 3.05) is 0 Å². The summed E-state index contributed by atoms with van der Waals surface area (Å²) in [5.41, 5.74) is 6.51. The molecule has 0 aromatic heterocycles. The molecule has 0 bridgehead atoms. The Bertz CT molecular complexity index is 241. The first-order valence-electron chi connectivity index (χ1n) is 3.47. The van der Waals surface area contributed by atoms with Gasteiger partial charge in [-0.15, -0.1) is 0 Å². The first-order chi connectivity index (χ1) is 5.50. The molecule has 0 fully saturated rings. The fourth-order valence-corrected chi connectivity index (χ4v) is 0.771. The zero-order chi connectivity index (χ0) is 9.72. The Balaban J connectivity index is 4.75. The van der Waals surface area contributed by atoms with Crippen LogP contribution in [0.25, 0.3) is 0 Å². The molecule has 0 aliphatic rings. The third-order valence-electron chi connectivity index (χ3n) is 1.39. The second-order valence-electron chi connectivity index (χ2n) is 2.45. The van der Waals surface area contributed by atoms with Crippen LogP contribution in [0.15, 0.2) is 36.5 Å². The molecule has 0 saturated heterocycles. The molecule has 3 N–H and O–H groups in total. The summed E-state index contributed by atoms with van der Waals surface area (Å²) in [5, 5.41) is 8.59. The molecule has 0 amide bonds. The molecule has 0 aromatic carbocycles. The van der Waals surface area contributed by atoms with E-state index in [0.29, 0.717) is 11.1 Å². The monoisotopic (exact) mass is 167 g/mol. The Kier molecular flexibility index (Phi) is 4.00. The summed E-state index contributed by atoms with van der Waals surface area (Å²) in [6.07, 6.45) is 3.05. The molecule has 0 aliphatic heterocycles. The van der Waals surface area contributed by atoms with Crippen molar-refractivity contribution < 1.29 is 9.90 Å². The van der Waals surface area contributed by atoms with Gasteiger partial charge in [-0.05, 0) is 12.5 Å². The van der Waals surface area contributed by atoms with Crippen LogP contribution in [-0.4, -0.2) is 17.1 Å². The van der Waals surface area contributed by atoms with Gasteiger partial charge in [0.1, 0.15) is 6.04 Å². The maximum atomic E-state index is 10.5. The number of rotatable bonds is 4. The van der Waals surface area contributed by atoms with Crippen molar-refractivity contribution in [1.82, 2.24) is 0 Å². The molecular weight excluding hydrogens is 154 g/mol. The Hall–Kier alpha value is -1.35. The first kappa shape index (κ1) is 10.7. The van der Waals surface area contributed by atoms with Crippen molar-refractivity contribution >= 4 is 5.97 Å². The fraction of sp³-hybridized carbons (Fsp3) is 0.222. The molecule has 0 heterocycles. The molecule has 1 atom stereocenters. The van der Waals surface area contributed by atoms with E-state index >= 15 is 0 Å². The van der Waals surface area contributed by atoms with Crippen LogP contribution in [-0.2, 0) is 4.79 Å². The number of carboxylic acid groups (broad SMARTS) is 1. The lowest BCUT2D eigenvalue weighted by molar-refractivity contribution is -0.137. The van der Waals surface area contributed by atoms with Crippen LogP contribution in [0.2, 0.25) is 0 Å². The first-order valence-corrected chi connectivity index (χ1v) is 3.47. The smallest absolute Gasteiger partial charge is 0.325 e. The minimum absolute atomic E-state index is 0.498. The van der Waals surface area contributed by atoms with Gasteiger partial charge in [0.05, 0.1) is 0 Å². The molecule has 0 aliphatic carbocycles. The van der Waals surface area contributed by atoms with Crippen LogP contribution in [0, 0.1) is 0 Å². The highest BCUT2D eigenvalue weighted by Crippen LogP contribution is 2.10. The Morgan fingerprint density at radius 2 is 2.17 bits per heavy atom. The summed E-state index contributed by atoms with van der Waals surface area (Å²) in [7, 11) is 0. The number of aliphatic carboxylic acids is 1. The number of carbonyl (C=O) groups is 1. The minimum Gasteiger partial charge on any atom is -0.480 e. The van der Waals surface area contributed by atoms with E-state index in [0.717, 1.165) is 0 Å². The summed E-state index contributed by atoms with van der Waals surface area (Å²) in [4.78, 5) is 10.5. The molecule has 1 unspecified atom stereocenters. The lowest BCUT2D eigenvalue weighted by Gasteiger charge is -2.10. The standard InChI is InChI=1S/C9H13NO2/c1-4-5-7(6(2)3)8(10)9(11)12/h4-5,8H,1-2,10H2,3H3,(H,11,12)/b7-5+. The molecule has 0 radical (unpaired) electrons. The van der Waals surface area contributed by atoms with Gasteiger partial charge in [-0.25, -0.2) is 0 Å². The zero-order valence-corrected chi connectivity index (χ0v) is 7.08. The van der Waals surface area contributed by atoms with Gasteiger partial charge in [0.25, 0.3) is 0 Å².